The molecule has 2 aliphatic rings. The summed E-state index contributed by atoms with van der Waals surface area (Å²) in [4.78, 5) is 31.1. The zero-order chi connectivity index (χ0) is 18.8. The van der Waals surface area contributed by atoms with E-state index in [1.807, 2.05) is 6.20 Å². The third-order valence-electron chi connectivity index (χ3n) is 5.96. The lowest BCUT2D eigenvalue weighted by Crippen LogP contribution is -2.41. The number of likely N-dealkylation sites (tertiary alicyclic amines) is 1. The Bertz CT molecular complexity index is 823. The molecule has 4 heterocycles. The fraction of sp³-hybridized carbons (Fsp3) is 0.619. The fourth-order valence-corrected chi connectivity index (χ4v) is 4.33. The molecule has 0 aliphatic carbocycles. The Hall–Kier alpha value is -2.24. The summed E-state index contributed by atoms with van der Waals surface area (Å²) in [5, 5.41) is 0. The molecule has 0 saturated carbocycles. The number of aromatic nitrogens is 3. The van der Waals surface area contributed by atoms with Crippen molar-refractivity contribution in [3.05, 3.63) is 23.7 Å². The highest BCUT2D eigenvalue weighted by Gasteiger charge is 2.30. The van der Waals surface area contributed by atoms with Crippen LogP contribution >= 0.6 is 0 Å². The van der Waals surface area contributed by atoms with Gasteiger partial charge in [0.25, 0.3) is 0 Å². The molecule has 0 bridgehead atoms. The smallest absolute Gasteiger partial charge is 0.225 e. The Labute approximate surface area is 161 Å². The van der Waals surface area contributed by atoms with E-state index in [0.717, 1.165) is 92.9 Å². The number of pyridine rings is 1. The van der Waals surface area contributed by atoms with E-state index in [4.69, 9.17) is 4.98 Å². The van der Waals surface area contributed by atoms with E-state index < -0.39 is 0 Å². The molecule has 2 saturated heterocycles. The lowest BCUT2D eigenvalue weighted by Gasteiger charge is -2.34. The van der Waals surface area contributed by atoms with Crippen molar-refractivity contribution in [1.29, 1.82) is 0 Å². The standard InChI is InChI=1S/C21H29N5O/c1-3-17-18(4-2)24-20-19(23-17)13-16(14-22-20)25-11-7-15(8-12-25)21(27)26-9-5-6-10-26/h13-15H,3-12H2,1-2H3. The molecule has 0 unspecified atom stereocenters. The van der Waals surface area contributed by atoms with Crippen LogP contribution in [0.15, 0.2) is 12.3 Å². The van der Waals surface area contributed by atoms with Gasteiger partial charge in [0.1, 0.15) is 5.52 Å². The van der Waals surface area contributed by atoms with Gasteiger partial charge in [0.05, 0.1) is 23.3 Å². The van der Waals surface area contributed by atoms with Crippen molar-refractivity contribution >= 4 is 22.8 Å². The van der Waals surface area contributed by atoms with E-state index in [-0.39, 0.29) is 5.92 Å². The number of carbonyl (C=O) groups is 1. The second kappa shape index (κ2) is 7.79. The van der Waals surface area contributed by atoms with Crippen LogP contribution in [0.1, 0.15) is 50.9 Å². The molecule has 4 rings (SSSR count). The highest BCUT2D eigenvalue weighted by atomic mass is 16.2. The number of hydrogen-bond acceptors (Lipinski definition) is 5. The third kappa shape index (κ3) is 3.62. The van der Waals surface area contributed by atoms with Crippen molar-refractivity contribution in [1.82, 2.24) is 19.9 Å². The van der Waals surface area contributed by atoms with Gasteiger partial charge >= 0.3 is 0 Å². The third-order valence-corrected chi connectivity index (χ3v) is 5.96. The van der Waals surface area contributed by atoms with E-state index in [1.165, 1.54) is 0 Å². The number of anilines is 1. The van der Waals surface area contributed by atoms with Gasteiger partial charge < -0.3 is 9.80 Å². The molecule has 2 fully saturated rings. The molecular weight excluding hydrogens is 338 g/mol. The highest BCUT2D eigenvalue weighted by molar-refractivity contribution is 5.79. The van der Waals surface area contributed by atoms with Gasteiger partial charge in [0.2, 0.25) is 5.91 Å². The average molecular weight is 367 g/mol. The number of hydrogen-bond donors (Lipinski definition) is 0. The van der Waals surface area contributed by atoms with E-state index in [0.29, 0.717) is 5.91 Å². The van der Waals surface area contributed by atoms with Crippen LogP contribution in [0, 0.1) is 5.92 Å². The maximum atomic E-state index is 12.6. The molecule has 2 aromatic heterocycles. The Morgan fingerprint density at radius 3 is 2.37 bits per heavy atom. The van der Waals surface area contributed by atoms with Gasteiger partial charge in [0, 0.05) is 32.1 Å². The minimum Gasteiger partial charge on any atom is -0.370 e. The fourth-order valence-electron chi connectivity index (χ4n) is 4.33. The maximum Gasteiger partial charge on any atom is 0.225 e. The van der Waals surface area contributed by atoms with Gasteiger partial charge in [-0.25, -0.2) is 15.0 Å². The summed E-state index contributed by atoms with van der Waals surface area (Å²) in [6, 6.07) is 2.11. The summed E-state index contributed by atoms with van der Waals surface area (Å²) in [6.07, 6.45) is 7.85. The molecular formula is C21H29N5O. The molecule has 1 amide bonds. The zero-order valence-corrected chi connectivity index (χ0v) is 16.4. The molecule has 0 N–H and O–H groups in total. The Morgan fingerprint density at radius 1 is 1.04 bits per heavy atom. The molecule has 27 heavy (non-hydrogen) atoms. The van der Waals surface area contributed by atoms with Gasteiger partial charge in [-0.2, -0.15) is 0 Å². The van der Waals surface area contributed by atoms with Crippen LogP contribution in [-0.4, -0.2) is 51.9 Å². The Morgan fingerprint density at radius 2 is 1.70 bits per heavy atom. The average Bonchev–Trinajstić information content (AvgIpc) is 3.26. The summed E-state index contributed by atoms with van der Waals surface area (Å²) in [7, 11) is 0. The van der Waals surface area contributed by atoms with Crippen LogP contribution in [0.25, 0.3) is 11.2 Å². The molecule has 0 atom stereocenters. The number of rotatable bonds is 4. The first-order chi connectivity index (χ1) is 13.2. The van der Waals surface area contributed by atoms with Crippen molar-refractivity contribution < 1.29 is 4.79 Å². The van der Waals surface area contributed by atoms with Gasteiger partial charge in [-0.1, -0.05) is 13.8 Å². The molecule has 0 radical (unpaired) electrons. The van der Waals surface area contributed by atoms with E-state index in [1.54, 1.807) is 0 Å². The minimum absolute atomic E-state index is 0.186. The van der Waals surface area contributed by atoms with Gasteiger partial charge in [-0.15, -0.1) is 0 Å². The highest BCUT2D eigenvalue weighted by Crippen LogP contribution is 2.27. The molecule has 6 heteroatoms. The number of carbonyl (C=O) groups excluding carboxylic acids is 1. The quantitative estimate of drug-likeness (QED) is 0.831. The molecule has 6 nitrogen and oxygen atoms in total. The van der Waals surface area contributed by atoms with Crippen LogP contribution in [0.4, 0.5) is 5.69 Å². The molecule has 144 valence electrons. The summed E-state index contributed by atoms with van der Waals surface area (Å²) < 4.78 is 0. The zero-order valence-electron chi connectivity index (χ0n) is 16.4. The first kappa shape index (κ1) is 18.1. The molecule has 2 aliphatic heterocycles. The lowest BCUT2D eigenvalue weighted by atomic mass is 9.95. The van der Waals surface area contributed by atoms with Crippen LogP contribution in [0.5, 0.6) is 0 Å². The van der Waals surface area contributed by atoms with Crippen molar-refractivity contribution in [2.75, 3.05) is 31.1 Å². The summed E-state index contributed by atoms with van der Waals surface area (Å²) in [5.74, 6) is 0.556. The molecule has 0 spiro atoms. The number of amides is 1. The second-order valence-electron chi connectivity index (χ2n) is 7.65. The summed E-state index contributed by atoms with van der Waals surface area (Å²) in [6.45, 7) is 7.93. The first-order valence-electron chi connectivity index (χ1n) is 10.4. The Balaban J connectivity index is 1.47. The van der Waals surface area contributed by atoms with Crippen molar-refractivity contribution in [3.63, 3.8) is 0 Å². The number of piperidine rings is 1. The predicted molar refractivity (Wildman–Crippen MR) is 107 cm³/mol. The number of aryl methyl sites for hydroxylation is 2. The predicted octanol–water partition coefficient (Wildman–Crippen LogP) is 2.99. The van der Waals surface area contributed by atoms with Crippen LogP contribution in [0.3, 0.4) is 0 Å². The minimum atomic E-state index is 0.186. The molecule has 0 aromatic carbocycles. The van der Waals surface area contributed by atoms with E-state index in [2.05, 4.69) is 39.7 Å². The number of nitrogens with zero attached hydrogens (tertiary/aromatic N) is 5. The lowest BCUT2D eigenvalue weighted by molar-refractivity contribution is -0.135. The van der Waals surface area contributed by atoms with Crippen LogP contribution in [0.2, 0.25) is 0 Å². The van der Waals surface area contributed by atoms with Crippen molar-refractivity contribution in [3.8, 4) is 0 Å². The van der Waals surface area contributed by atoms with E-state index in [9.17, 15) is 4.79 Å². The van der Waals surface area contributed by atoms with Gasteiger partial charge in [-0.3, -0.25) is 4.79 Å². The van der Waals surface area contributed by atoms with Crippen LogP contribution in [-0.2, 0) is 17.6 Å². The maximum absolute atomic E-state index is 12.6. The van der Waals surface area contributed by atoms with Gasteiger partial charge in [-0.05, 0) is 44.6 Å². The molecule has 2 aromatic rings. The van der Waals surface area contributed by atoms with Crippen molar-refractivity contribution in [2.45, 2.75) is 52.4 Å². The van der Waals surface area contributed by atoms with Gasteiger partial charge in [0.15, 0.2) is 5.65 Å². The monoisotopic (exact) mass is 367 g/mol. The largest absolute Gasteiger partial charge is 0.370 e. The Kier molecular flexibility index (Phi) is 5.23. The summed E-state index contributed by atoms with van der Waals surface area (Å²) >= 11 is 0. The first-order valence-corrected chi connectivity index (χ1v) is 10.4. The topological polar surface area (TPSA) is 62.2 Å². The SMILES string of the molecule is CCc1nc2cc(N3CCC(C(=O)N4CCCC4)CC3)cnc2nc1CC. The van der Waals surface area contributed by atoms with E-state index >= 15 is 0 Å². The summed E-state index contributed by atoms with van der Waals surface area (Å²) in [5.41, 5.74) is 4.81. The number of fused-ring (bicyclic) bond motifs is 1. The van der Waals surface area contributed by atoms with Crippen molar-refractivity contribution in [2.24, 2.45) is 5.92 Å². The second-order valence-corrected chi connectivity index (χ2v) is 7.65. The van der Waals surface area contributed by atoms with Crippen LogP contribution < -0.4 is 4.90 Å². The normalized spacial score (nSPS) is 18.4.